The third-order valence-electron chi connectivity index (χ3n) is 5.90. The fourth-order valence-electron chi connectivity index (χ4n) is 4.09. The average molecular weight is 426 g/mol. The van der Waals surface area contributed by atoms with E-state index in [9.17, 15) is 14.9 Å². The molecule has 2 fully saturated rings. The van der Waals surface area contributed by atoms with E-state index in [-0.39, 0.29) is 23.5 Å². The number of furan rings is 1. The van der Waals surface area contributed by atoms with Crippen LogP contribution in [0.25, 0.3) is 11.7 Å². The van der Waals surface area contributed by atoms with Crippen molar-refractivity contribution in [3.63, 3.8) is 0 Å². The Bertz CT molecular complexity index is 949. The van der Waals surface area contributed by atoms with Gasteiger partial charge in [0, 0.05) is 32.2 Å². The van der Waals surface area contributed by atoms with Gasteiger partial charge in [0.15, 0.2) is 5.76 Å². The van der Waals surface area contributed by atoms with Gasteiger partial charge >= 0.3 is 6.03 Å². The van der Waals surface area contributed by atoms with Gasteiger partial charge in [0.05, 0.1) is 12.3 Å². The SMILES string of the molecule is CC(C(=O)NC(=O)NC1CCCC1)N1CCN(c2oc(-c3ccco3)nc2C#N)CC1. The largest absolute Gasteiger partial charge is 0.459 e. The van der Waals surface area contributed by atoms with Crippen LogP contribution in [-0.4, -0.2) is 60.1 Å². The Morgan fingerprint density at radius 2 is 2.00 bits per heavy atom. The molecule has 1 atom stereocenters. The standard InChI is InChI=1S/C21H26N6O4/c1-14(18(28)25-21(29)23-15-5-2-3-6-15)26-8-10-27(11-9-26)20-16(13-22)24-19(31-20)17-7-4-12-30-17/h4,7,12,14-15H,2-3,5-6,8-11H2,1H3,(H2,23,25,28,29). The molecule has 164 valence electrons. The number of anilines is 1. The van der Waals surface area contributed by atoms with E-state index >= 15 is 0 Å². The van der Waals surface area contributed by atoms with Gasteiger partial charge in [-0.2, -0.15) is 10.2 Å². The van der Waals surface area contributed by atoms with Crippen LogP contribution in [0.4, 0.5) is 10.7 Å². The zero-order valence-electron chi connectivity index (χ0n) is 17.5. The van der Waals surface area contributed by atoms with Gasteiger partial charge in [0.1, 0.15) is 6.07 Å². The summed E-state index contributed by atoms with van der Waals surface area (Å²) in [6.45, 7) is 4.08. The normalized spacial score (nSPS) is 18.5. The van der Waals surface area contributed by atoms with E-state index in [1.807, 2.05) is 9.80 Å². The molecule has 2 aromatic rings. The van der Waals surface area contributed by atoms with Crippen molar-refractivity contribution in [2.45, 2.75) is 44.7 Å². The molecule has 2 aliphatic rings. The van der Waals surface area contributed by atoms with Crippen LogP contribution >= 0.6 is 0 Å². The number of hydrogen-bond donors (Lipinski definition) is 2. The Morgan fingerprint density at radius 1 is 1.26 bits per heavy atom. The number of piperazine rings is 1. The highest BCUT2D eigenvalue weighted by atomic mass is 16.4. The molecule has 1 saturated carbocycles. The Kier molecular flexibility index (Phi) is 6.23. The van der Waals surface area contributed by atoms with Crippen LogP contribution in [0.5, 0.6) is 0 Å². The molecule has 10 heteroatoms. The number of carbonyl (C=O) groups is 2. The number of imide groups is 1. The number of aromatic nitrogens is 1. The molecule has 1 saturated heterocycles. The van der Waals surface area contributed by atoms with Gasteiger partial charge in [-0.25, -0.2) is 4.79 Å². The maximum absolute atomic E-state index is 12.5. The average Bonchev–Trinajstić information content (AvgIpc) is 3.54. The van der Waals surface area contributed by atoms with Crippen molar-refractivity contribution in [3.8, 4) is 17.7 Å². The van der Waals surface area contributed by atoms with Gasteiger partial charge in [-0.05, 0) is 31.9 Å². The van der Waals surface area contributed by atoms with Gasteiger partial charge in [-0.3, -0.25) is 15.0 Å². The van der Waals surface area contributed by atoms with E-state index in [1.54, 1.807) is 19.1 Å². The Morgan fingerprint density at radius 3 is 2.65 bits per heavy atom. The zero-order chi connectivity index (χ0) is 21.8. The molecule has 4 rings (SSSR count). The molecule has 3 amide bonds. The molecule has 0 aromatic carbocycles. The summed E-state index contributed by atoms with van der Waals surface area (Å²) in [6.07, 6.45) is 5.67. The van der Waals surface area contributed by atoms with Crippen molar-refractivity contribution in [3.05, 3.63) is 24.1 Å². The third-order valence-corrected chi connectivity index (χ3v) is 5.90. The van der Waals surface area contributed by atoms with Crippen LogP contribution in [0.2, 0.25) is 0 Å². The summed E-state index contributed by atoms with van der Waals surface area (Å²) in [5.74, 6) is 0.811. The highest BCUT2D eigenvalue weighted by Gasteiger charge is 2.30. The number of rotatable bonds is 5. The molecule has 0 bridgehead atoms. The monoisotopic (exact) mass is 426 g/mol. The molecule has 1 unspecified atom stereocenters. The zero-order valence-corrected chi connectivity index (χ0v) is 17.5. The van der Waals surface area contributed by atoms with Gasteiger partial charge in [-0.1, -0.05) is 12.8 Å². The van der Waals surface area contributed by atoms with Crippen molar-refractivity contribution in [1.82, 2.24) is 20.5 Å². The van der Waals surface area contributed by atoms with Crippen LogP contribution in [0.3, 0.4) is 0 Å². The van der Waals surface area contributed by atoms with Crippen molar-refractivity contribution < 1.29 is 18.4 Å². The second-order valence-electron chi connectivity index (χ2n) is 7.90. The summed E-state index contributed by atoms with van der Waals surface area (Å²) < 4.78 is 11.1. The minimum absolute atomic E-state index is 0.161. The van der Waals surface area contributed by atoms with E-state index < -0.39 is 12.1 Å². The van der Waals surface area contributed by atoms with E-state index in [0.29, 0.717) is 37.8 Å². The fraction of sp³-hybridized carbons (Fsp3) is 0.524. The smallest absolute Gasteiger partial charge is 0.321 e. The number of carbonyl (C=O) groups excluding carboxylic acids is 2. The lowest BCUT2D eigenvalue weighted by Gasteiger charge is -2.37. The minimum atomic E-state index is -0.444. The Balaban J connectivity index is 1.31. The number of urea groups is 1. The molecular weight excluding hydrogens is 400 g/mol. The summed E-state index contributed by atoms with van der Waals surface area (Å²) in [6, 6.07) is 4.81. The summed E-state index contributed by atoms with van der Waals surface area (Å²) in [5.41, 5.74) is 0.203. The summed E-state index contributed by atoms with van der Waals surface area (Å²) in [4.78, 5) is 32.7. The third kappa shape index (κ3) is 4.72. The minimum Gasteiger partial charge on any atom is -0.459 e. The van der Waals surface area contributed by atoms with E-state index in [2.05, 4.69) is 21.7 Å². The summed E-state index contributed by atoms with van der Waals surface area (Å²) >= 11 is 0. The fourth-order valence-corrected chi connectivity index (χ4v) is 4.09. The predicted molar refractivity (Wildman–Crippen MR) is 111 cm³/mol. The Hall–Kier alpha value is -3.32. The summed E-state index contributed by atoms with van der Waals surface area (Å²) in [5, 5.41) is 14.8. The highest BCUT2D eigenvalue weighted by Crippen LogP contribution is 2.29. The molecule has 1 aliphatic carbocycles. The van der Waals surface area contributed by atoms with Crippen molar-refractivity contribution in [1.29, 1.82) is 5.26 Å². The van der Waals surface area contributed by atoms with E-state index in [1.165, 1.54) is 6.26 Å². The first-order valence-corrected chi connectivity index (χ1v) is 10.6. The number of nitriles is 1. The molecule has 31 heavy (non-hydrogen) atoms. The second kappa shape index (κ2) is 9.22. The molecule has 3 heterocycles. The molecule has 2 aromatic heterocycles. The van der Waals surface area contributed by atoms with Crippen LogP contribution < -0.4 is 15.5 Å². The molecule has 1 aliphatic heterocycles. The van der Waals surface area contributed by atoms with Gasteiger partial charge < -0.3 is 19.1 Å². The van der Waals surface area contributed by atoms with Crippen LogP contribution in [-0.2, 0) is 4.79 Å². The number of nitrogens with zero attached hydrogens (tertiary/aromatic N) is 4. The second-order valence-corrected chi connectivity index (χ2v) is 7.90. The van der Waals surface area contributed by atoms with E-state index in [0.717, 1.165) is 25.7 Å². The van der Waals surface area contributed by atoms with Crippen molar-refractivity contribution >= 4 is 17.8 Å². The molecule has 2 N–H and O–H groups in total. The maximum atomic E-state index is 12.5. The van der Waals surface area contributed by atoms with E-state index in [4.69, 9.17) is 8.83 Å². The lowest BCUT2D eigenvalue weighted by Crippen LogP contribution is -2.56. The van der Waals surface area contributed by atoms with Crippen molar-refractivity contribution in [2.24, 2.45) is 0 Å². The first kappa shape index (κ1) is 20.9. The topological polar surface area (TPSA) is 128 Å². The first-order chi connectivity index (χ1) is 15.0. The van der Waals surface area contributed by atoms with Gasteiger partial charge in [-0.15, -0.1) is 0 Å². The summed E-state index contributed by atoms with van der Waals surface area (Å²) in [7, 11) is 0. The number of nitrogens with one attached hydrogen (secondary N) is 2. The number of oxazole rings is 1. The highest BCUT2D eigenvalue weighted by molar-refractivity contribution is 5.96. The molecule has 0 spiro atoms. The van der Waals surface area contributed by atoms with Crippen LogP contribution in [0.15, 0.2) is 27.2 Å². The lowest BCUT2D eigenvalue weighted by atomic mass is 10.2. The van der Waals surface area contributed by atoms with Crippen LogP contribution in [0, 0.1) is 11.3 Å². The maximum Gasteiger partial charge on any atom is 0.321 e. The van der Waals surface area contributed by atoms with Gasteiger partial charge in [0.25, 0.3) is 5.89 Å². The number of amides is 3. The number of hydrogen-bond acceptors (Lipinski definition) is 8. The Labute approximate surface area is 180 Å². The predicted octanol–water partition coefficient (Wildman–Crippen LogP) is 2.09. The molecular formula is C21H26N6O4. The molecule has 10 nitrogen and oxygen atoms in total. The van der Waals surface area contributed by atoms with Gasteiger partial charge in [0.2, 0.25) is 17.5 Å². The first-order valence-electron chi connectivity index (χ1n) is 10.6. The molecule has 0 radical (unpaired) electrons. The van der Waals surface area contributed by atoms with Crippen molar-refractivity contribution in [2.75, 3.05) is 31.1 Å². The quantitative estimate of drug-likeness (QED) is 0.744. The lowest BCUT2D eigenvalue weighted by molar-refractivity contribution is -0.124. The van der Waals surface area contributed by atoms with Crippen LogP contribution in [0.1, 0.15) is 38.3 Å².